The fourth-order valence-corrected chi connectivity index (χ4v) is 6.13. The van der Waals surface area contributed by atoms with E-state index in [9.17, 15) is 0 Å². The van der Waals surface area contributed by atoms with Gasteiger partial charge in [-0.15, -0.1) is 0 Å². The average Bonchev–Trinajstić information content (AvgIpc) is 3.71. The Morgan fingerprint density at radius 1 is 0.744 bits per heavy atom. The Balaban J connectivity index is 1.48. The second-order valence-electron chi connectivity index (χ2n) is 9.34. The van der Waals surface area contributed by atoms with Gasteiger partial charge in [0.1, 0.15) is 5.69 Å². The molecule has 188 valence electrons. The van der Waals surface area contributed by atoms with E-state index in [1.54, 1.807) is 11.3 Å². The van der Waals surface area contributed by atoms with Gasteiger partial charge in [-0.1, -0.05) is 106 Å². The number of hydrogen-bond acceptors (Lipinski definition) is 4. The molecule has 0 aliphatic rings. The van der Waals surface area contributed by atoms with E-state index in [-0.39, 0.29) is 0 Å². The van der Waals surface area contributed by atoms with Gasteiger partial charge in [-0.05, 0) is 43.3 Å². The first-order chi connectivity index (χ1) is 19.1. The normalized spacial score (nSPS) is 11.3. The summed E-state index contributed by atoms with van der Waals surface area (Å²) >= 11 is 5.22. The van der Waals surface area contributed by atoms with Crippen molar-refractivity contribution in [2.45, 2.75) is 6.92 Å². The summed E-state index contributed by atoms with van der Waals surface area (Å²) in [6.07, 6.45) is 2.09. The minimum Gasteiger partial charge on any atom is -0.240 e. The molecule has 4 aromatic carbocycles. The molecule has 0 amide bonds. The zero-order valence-electron chi connectivity index (χ0n) is 21.0. The Hall–Kier alpha value is -4.33. The van der Waals surface area contributed by atoms with Crippen LogP contribution in [0.25, 0.3) is 54.8 Å². The molecule has 5 nitrogen and oxygen atoms in total. The number of hydrogen-bond donors (Lipinski definition) is 0. The number of aromatic nitrogens is 5. The zero-order chi connectivity index (χ0) is 26.3. The predicted molar refractivity (Wildman–Crippen MR) is 163 cm³/mol. The molecule has 0 spiro atoms. The fraction of sp³-hybridized carbons (Fsp3) is 0.0312. The second-order valence-corrected chi connectivity index (χ2v) is 11.3. The van der Waals surface area contributed by atoms with Gasteiger partial charge in [0.2, 0.25) is 5.13 Å². The third-order valence-electron chi connectivity index (χ3n) is 6.64. The number of halogens is 1. The van der Waals surface area contributed by atoms with Gasteiger partial charge < -0.3 is 0 Å². The van der Waals surface area contributed by atoms with Gasteiger partial charge in [0.25, 0.3) is 0 Å². The first-order valence-corrected chi connectivity index (χ1v) is 14.2. The topological polar surface area (TPSA) is 48.5 Å². The molecule has 0 radical (unpaired) electrons. The highest BCUT2D eigenvalue weighted by Crippen LogP contribution is 2.37. The van der Waals surface area contributed by atoms with E-state index in [4.69, 9.17) is 15.2 Å². The molecule has 0 atom stereocenters. The maximum Gasteiger partial charge on any atom is 0.212 e. The van der Waals surface area contributed by atoms with Crippen LogP contribution >= 0.6 is 27.3 Å². The van der Waals surface area contributed by atoms with Crippen molar-refractivity contribution >= 4 is 37.5 Å². The highest BCUT2D eigenvalue weighted by atomic mass is 79.9. The van der Waals surface area contributed by atoms with Gasteiger partial charge in [0.15, 0.2) is 0 Å². The van der Waals surface area contributed by atoms with Gasteiger partial charge in [-0.25, -0.2) is 14.3 Å². The molecule has 7 heteroatoms. The third-order valence-corrected chi connectivity index (χ3v) is 8.12. The van der Waals surface area contributed by atoms with Gasteiger partial charge in [-0.2, -0.15) is 10.2 Å². The van der Waals surface area contributed by atoms with Crippen molar-refractivity contribution in [1.29, 1.82) is 0 Å². The van der Waals surface area contributed by atoms with Crippen molar-refractivity contribution in [3.63, 3.8) is 0 Å². The number of para-hydroxylation sites is 1. The molecule has 7 aromatic rings. The molecule has 7 rings (SSSR count). The van der Waals surface area contributed by atoms with Crippen molar-refractivity contribution in [1.82, 2.24) is 24.5 Å². The highest BCUT2D eigenvalue weighted by Gasteiger charge is 2.22. The molecule has 0 aliphatic carbocycles. The molecule has 39 heavy (non-hydrogen) atoms. The minimum atomic E-state index is 0.808. The lowest BCUT2D eigenvalue weighted by Gasteiger charge is -2.05. The molecule has 0 saturated carbocycles. The van der Waals surface area contributed by atoms with E-state index in [0.717, 1.165) is 59.3 Å². The molecule has 0 N–H and O–H groups in total. The summed E-state index contributed by atoms with van der Waals surface area (Å²) in [5, 5.41) is 11.0. The van der Waals surface area contributed by atoms with Crippen LogP contribution in [0, 0.1) is 6.92 Å². The highest BCUT2D eigenvalue weighted by molar-refractivity contribution is 9.10. The van der Waals surface area contributed by atoms with Crippen LogP contribution in [0.2, 0.25) is 0 Å². The van der Waals surface area contributed by atoms with Crippen LogP contribution in [0.3, 0.4) is 0 Å². The first kappa shape index (κ1) is 23.8. The number of fused-ring (bicyclic) bond motifs is 1. The summed E-state index contributed by atoms with van der Waals surface area (Å²) in [6.45, 7) is 2.10. The van der Waals surface area contributed by atoms with E-state index in [1.807, 2.05) is 57.9 Å². The van der Waals surface area contributed by atoms with E-state index >= 15 is 0 Å². The lowest BCUT2D eigenvalue weighted by atomic mass is 10.0. The van der Waals surface area contributed by atoms with Gasteiger partial charge in [0, 0.05) is 27.4 Å². The van der Waals surface area contributed by atoms with Crippen LogP contribution in [0.15, 0.2) is 120 Å². The summed E-state index contributed by atoms with van der Waals surface area (Å²) < 4.78 is 6.03. The quantitative estimate of drug-likeness (QED) is 0.202. The number of rotatable bonds is 5. The van der Waals surface area contributed by atoms with Crippen LogP contribution in [0.5, 0.6) is 0 Å². The standard InChI is InChI=1S/C32H22BrN5S/c1-21-12-14-23(15-13-21)31-26(20-37(36-31)25-10-6-3-7-11-25)29-19-28(22-8-4-2-5-9-22)35-38(29)32-34-27-17-16-24(33)18-30(27)39-32/h2-20H,1H3. The van der Waals surface area contributed by atoms with Crippen molar-refractivity contribution in [3.8, 4) is 44.6 Å². The van der Waals surface area contributed by atoms with Crippen molar-refractivity contribution in [2.75, 3.05) is 0 Å². The van der Waals surface area contributed by atoms with Crippen molar-refractivity contribution < 1.29 is 0 Å². The molecule has 0 aliphatic heterocycles. The summed E-state index contributed by atoms with van der Waals surface area (Å²) in [5.41, 5.74) is 8.94. The molecule has 3 heterocycles. The fourth-order valence-electron chi connectivity index (χ4n) is 4.64. The van der Waals surface area contributed by atoms with Gasteiger partial charge in [-0.3, -0.25) is 0 Å². The molecule has 0 bridgehead atoms. The minimum absolute atomic E-state index is 0.808. The predicted octanol–water partition coefficient (Wildman–Crippen LogP) is 8.74. The van der Waals surface area contributed by atoms with Crippen LogP contribution in [-0.2, 0) is 0 Å². The van der Waals surface area contributed by atoms with Crippen molar-refractivity contribution in [2.24, 2.45) is 0 Å². The summed E-state index contributed by atoms with van der Waals surface area (Å²) in [5.74, 6) is 0. The smallest absolute Gasteiger partial charge is 0.212 e. The Morgan fingerprint density at radius 3 is 2.26 bits per heavy atom. The van der Waals surface area contributed by atoms with Crippen LogP contribution in [0.1, 0.15) is 5.56 Å². The Bertz CT molecular complexity index is 1920. The number of benzene rings is 4. The summed E-state index contributed by atoms with van der Waals surface area (Å²) in [6, 6.07) is 37.3. The lowest BCUT2D eigenvalue weighted by Crippen LogP contribution is -1.99. The third kappa shape index (κ3) is 4.50. The van der Waals surface area contributed by atoms with Crippen molar-refractivity contribution in [3.05, 3.63) is 125 Å². The number of thiazole rings is 1. The van der Waals surface area contributed by atoms with E-state index < -0.39 is 0 Å². The Labute approximate surface area is 238 Å². The van der Waals surface area contributed by atoms with Gasteiger partial charge >= 0.3 is 0 Å². The monoisotopic (exact) mass is 587 g/mol. The van der Waals surface area contributed by atoms with E-state index in [0.29, 0.717) is 0 Å². The molecular formula is C32H22BrN5S. The van der Waals surface area contributed by atoms with Crippen LogP contribution in [0.4, 0.5) is 0 Å². The van der Waals surface area contributed by atoms with Gasteiger partial charge in [0.05, 0.1) is 27.3 Å². The lowest BCUT2D eigenvalue weighted by molar-refractivity contribution is 0.879. The first-order valence-electron chi connectivity index (χ1n) is 12.6. The Morgan fingerprint density at radius 2 is 1.49 bits per heavy atom. The van der Waals surface area contributed by atoms with Crippen LogP contribution in [-0.4, -0.2) is 24.5 Å². The Kier molecular flexibility index (Phi) is 5.95. The maximum atomic E-state index is 5.09. The van der Waals surface area contributed by atoms with Crippen LogP contribution < -0.4 is 0 Å². The zero-order valence-corrected chi connectivity index (χ0v) is 23.4. The average molecular weight is 589 g/mol. The molecule has 0 fully saturated rings. The second kappa shape index (κ2) is 9.76. The molecule has 0 saturated heterocycles. The maximum absolute atomic E-state index is 5.09. The number of nitrogens with zero attached hydrogens (tertiary/aromatic N) is 5. The molecule has 0 unspecified atom stereocenters. The van der Waals surface area contributed by atoms with E-state index in [2.05, 4.69) is 89.7 Å². The van der Waals surface area contributed by atoms with E-state index in [1.165, 1.54) is 5.56 Å². The summed E-state index contributed by atoms with van der Waals surface area (Å²) in [4.78, 5) is 4.97. The number of aryl methyl sites for hydroxylation is 1. The SMILES string of the molecule is Cc1ccc(-c2nn(-c3ccccc3)cc2-c2cc(-c3ccccc3)nn2-c2nc3ccc(Br)cc3s2)cc1. The summed E-state index contributed by atoms with van der Waals surface area (Å²) in [7, 11) is 0. The molecule has 3 aromatic heterocycles. The largest absolute Gasteiger partial charge is 0.240 e. The molecular weight excluding hydrogens is 566 g/mol.